The summed E-state index contributed by atoms with van der Waals surface area (Å²) in [5.41, 5.74) is 0.983. The van der Waals surface area contributed by atoms with Crippen molar-refractivity contribution in [1.29, 1.82) is 0 Å². The smallest absolute Gasteiger partial charge is 0.264 e. The first-order chi connectivity index (χ1) is 14.6. The number of aromatic amines is 1. The number of H-pyrrole nitrogens is 1. The fraction of sp³-hybridized carbons (Fsp3) is 0.400. The third kappa shape index (κ3) is 3.33. The monoisotopic (exact) mass is 446 g/mol. The van der Waals surface area contributed by atoms with Gasteiger partial charge in [0.05, 0.1) is 24.3 Å². The van der Waals surface area contributed by atoms with E-state index in [1.807, 2.05) is 29.2 Å². The molecule has 2 aromatic heterocycles. The minimum atomic E-state index is -3.60. The van der Waals surface area contributed by atoms with Crippen LogP contribution in [-0.4, -0.2) is 73.1 Å². The molecule has 158 valence electrons. The van der Waals surface area contributed by atoms with E-state index in [9.17, 15) is 13.2 Å². The van der Waals surface area contributed by atoms with Crippen molar-refractivity contribution in [2.75, 3.05) is 39.4 Å². The lowest BCUT2D eigenvalue weighted by molar-refractivity contribution is 0.0305. The fourth-order valence-corrected chi connectivity index (χ4v) is 6.92. The van der Waals surface area contributed by atoms with Crippen LogP contribution >= 0.6 is 11.3 Å². The zero-order valence-corrected chi connectivity index (χ0v) is 17.9. The molecule has 0 aliphatic carbocycles. The average molecular weight is 447 g/mol. The number of benzene rings is 1. The Kier molecular flexibility index (Phi) is 5.10. The molecule has 1 amide bonds. The van der Waals surface area contributed by atoms with Crippen LogP contribution in [0.4, 0.5) is 0 Å². The van der Waals surface area contributed by atoms with Crippen molar-refractivity contribution in [1.82, 2.24) is 19.4 Å². The van der Waals surface area contributed by atoms with Gasteiger partial charge in [0.2, 0.25) is 10.0 Å². The van der Waals surface area contributed by atoms with Crippen LogP contribution < -0.4 is 0 Å². The van der Waals surface area contributed by atoms with Crippen molar-refractivity contribution in [3.63, 3.8) is 0 Å². The van der Waals surface area contributed by atoms with Crippen LogP contribution in [0.2, 0.25) is 0 Å². The SMILES string of the molecule is O=C(c1sc2ccccc2c1[C@@H]1CCN(S(=O)(=O)c2cn[nH]c2)C1)N1CCOCC1. The van der Waals surface area contributed by atoms with Gasteiger partial charge in [0, 0.05) is 43.0 Å². The highest BCUT2D eigenvalue weighted by atomic mass is 32.2. The molecular weight excluding hydrogens is 424 g/mol. The molecular formula is C20H22N4O4S2. The molecule has 8 nitrogen and oxygen atoms in total. The molecule has 4 heterocycles. The number of rotatable bonds is 4. The van der Waals surface area contributed by atoms with Gasteiger partial charge >= 0.3 is 0 Å². The zero-order chi connectivity index (χ0) is 20.7. The molecule has 0 bridgehead atoms. The second-order valence-corrected chi connectivity index (χ2v) is 10.5. The van der Waals surface area contributed by atoms with Gasteiger partial charge in [-0.15, -0.1) is 11.3 Å². The van der Waals surface area contributed by atoms with Gasteiger partial charge in [-0.05, 0) is 23.4 Å². The number of nitrogens with one attached hydrogen (secondary N) is 1. The van der Waals surface area contributed by atoms with Gasteiger partial charge in [-0.1, -0.05) is 18.2 Å². The first-order valence-corrected chi connectivity index (χ1v) is 12.2. The van der Waals surface area contributed by atoms with Gasteiger partial charge in [0.15, 0.2) is 0 Å². The standard InChI is InChI=1S/C20H22N4O4S2/c25-20(23-7-9-28-10-8-23)19-18(16-3-1-2-4-17(16)29-19)14-5-6-24(13-14)30(26,27)15-11-21-22-12-15/h1-4,11-12,14H,5-10,13H2,(H,21,22)/t14-/m1/s1. The number of hydrogen-bond donors (Lipinski definition) is 1. The molecule has 0 unspecified atom stereocenters. The number of carbonyl (C=O) groups is 1. The van der Waals surface area contributed by atoms with Gasteiger partial charge in [-0.3, -0.25) is 9.89 Å². The Hall–Kier alpha value is -2.27. The van der Waals surface area contributed by atoms with Crippen molar-refractivity contribution in [3.05, 3.63) is 47.1 Å². The molecule has 2 fully saturated rings. The van der Waals surface area contributed by atoms with Crippen molar-refractivity contribution in [2.24, 2.45) is 0 Å². The summed E-state index contributed by atoms with van der Waals surface area (Å²) in [6, 6.07) is 7.99. The maximum absolute atomic E-state index is 13.3. The van der Waals surface area contributed by atoms with E-state index in [1.54, 1.807) is 0 Å². The maximum Gasteiger partial charge on any atom is 0.264 e. The summed E-state index contributed by atoms with van der Waals surface area (Å²) < 4.78 is 33.8. The highest BCUT2D eigenvalue weighted by Gasteiger charge is 2.37. The van der Waals surface area contributed by atoms with E-state index in [4.69, 9.17) is 4.74 Å². The Bertz CT molecular complexity index is 1170. The zero-order valence-electron chi connectivity index (χ0n) is 16.3. The molecule has 2 saturated heterocycles. The summed E-state index contributed by atoms with van der Waals surface area (Å²) in [6.07, 6.45) is 3.41. The number of nitrogens with zero attached hydrogens (tertiary/aromatic N) is 3. The van der Waals surface area contributed by atoms with Crippen molar-refractivity contribution in [2.45, 2.75) is 17.2 Å². The summed E-state index contributed by atoms with van der Waals surface area (Å²) in [4.78, 5) is 16.1. The number of morpholine rings is 1. The number of fused-ring (bicyclic) bond motifs is 1. The summed E-state index contributed by atoms with van der Waals surface area (Å²) in [5.74, 6) is -0.00606. The molecule has 2 aliphatic rings. The van der Waals surface area contributed by atoms with Gasteiger partial charge in [-0.25, -0.2) is 8.42 Å². The summed E-state index contributed by atoms with van der Waals surface area (Å²) in [7, 11) is -3.60. The number of hydrogen-bond acceptors (Lipinski definition) is 6. The molecule has 0 radical (unpaired) electrons. The van der Waals surface area contributed by atoms with E-state index in [1.165, 1.54) is 28.0 Å². The number of ether oxygens (including phenoxy) is 1. The second-order valence-electron chi connectivity index (χ2n) is 7.53. The highest BCUT2D eigenvalue weighted by molar-refractivity contribution is 7.89. The number of aromatic nitrogens is 2. The Morgan fingerprint density at radius 1 is 1.20 bits per heavy atom. The first-order valence-electron chi connectivity index (χ1n) is 9.93. The minimum Gasteiger partial charge on any atom is -0.378 e. The molecule has 5 rings (SSSR count). The van der Waals surface area contributed by atoms with Gasteiger partial charge in [0.25, 0.3) is 5.91 Å². The summed E-state index contributed by atoms with van der Waals surface area (Å²) in [5, 5.41) is 7.39. The second kappa shape index (κ2) is 7.77. The predicted octanol–water partition coefficient (Wildman–Crippen LogP) is 2.28. The Morgan fingerprint density at radius 2 is 2.00 bits per heavy atom. The van der Waals surface area contributed by atoms with E-state index in [-0.39, 0.29) is 16.7 Å². The molecule has 0 saturated carbocycles. The lowest BCUT2D eigenvalue weighted by atomic mass is 9.95. The predicted molar refractivity (Wildman–Crippen MR) is 113 cm³/mol. The molecule has 0 spiro atoms. The summed E-state index contributed by atoms with van der Waals surface area (Å²) >= 11 is 1.50. The Labute approximate surface area is 178 Å². The third-order valence-electron chi connectivity index (χ3n) is 5.80. The number of carbonyl (C=O) groups excluding carboxylic acids is 1. The summed E-state index contributed by atoms with van der Waals surface area (Å²) in [6.45, 7) is 3.04. The Morgan fingerprint density at radius 3 is 2.77 bits per heavy atom. The topological polar surface area (TPSA) is 95.6 Å². The third-order valence-corrected chi connectivity index (χ3v) is 8.80. The van der Waals surface area contributed by atoms with E-state index >= 15 is 0 Å². The normalized spacial score (nSPS) is 20.8. The van der Waals surface area contributed by atoms with Gasteiger partial charge in [0.1, 0.15) is 4.90 Å². The van der Waals surface area contributed by atoms with Crippen LogP contribution in [0, 0.1) is 0 Å². The van der Waals surface area contributed by atoms with Crippen molar-refractivity contribution in [3.8, 4) is 0 Å². The van der Waals surface area contributed by atoms with E-state index < -0.39 is 10.0 Å². The van der Waals surface area contributed by atoms with Crippen molar-refractivity contribution < 1.29 is 17.9 Å². The average Bonchev–Trinajstić information content (AvgIpc) is 3.53. The maximum atomic E-state index is 13.3. The Balaban J connectivity index is 1.50. The fourth-order valence-electron chi connectivity index (χ4n) is 4.25. The molecule has 30 heavy (non-hydrogen) atoms. The van der Waals surface area contributed by atoms with Crippen LogP contribution in [0.3, 0.4) is 0 Å². The van der Waals surface area contributed by atoms with Crippen molar-refractivity contribution >= 4 is 37.4 Å². The first kappa shape index (κ1) is 19.7. The molecule has 1 atom stereocenters. The van der Waals surface area contributed by atoms with Gasteiger partial charge < -0.3 is 9.64 Å². The molecule has 10 heteroatoms. The van der Waals surface area contributed by atoms with Crippen LogP contribution in [0.15, 0.2) is 41.6 Å². The van der Waals surface area contributed by atoms with E-state index in [0.717, 1.165) is 20.5 Å². The lowest BCUT2D eigenvalue weighted by Gasteiger charge is -2.27. The lowest BCUT2D eigenvalue weighted by Crippen LogP contribution is -2.40. The van der Waals surface area contributed by atoms with Crippen LogP contribution in [-0.2, 0) is 14.8 Å². The molecule has 1 aromatic carbocycles. The van der Waals surface area contributed by atoms with Crippen LogP contribution in [0.25, 0.3) is 10.1 Å². The number of amides is 1. The van der Waals surface area contributed by atoms with E-state index in [2.05, 4.69) is 10.2 Å². The van der Waals surface area contributed by atoms with Crippen LogP contribution in [0.5, 0.6) is 0 Å². The quantitative estimate of drug-likeness (QED) is 0.663. The molecule has 1 N–H and O–H groups in total. The minimum absolute atomic E-state index is 0.0191. The highest BCUT2D eigenvalue weighted by Crippen LogP contribution is 2.41. The largest absolute Gasteiger partial charge is 0.378 e. The number of sulfonamides is 1. The molecule has 2 aliphatic heterocycles. The number of thiophene rings is 1. The van der Waals surface area contributed by atoms with Gasteiger partial charge in [-0.2, -0.15) is 9.40 Å². The van der Waals surface area contributed by atoms with Crippen LogP contribution in [0.1, 0.15) is 27.6 Å². The molecule has 3 aromatic rings. The van der Waals surface area contributed by atoms with E-state index in [0.29, 0.717) is 45.8 Å².